The number of esters is 2. The van der Waals surface area contributed by atoms with Crippen LogP contribution in [0.3, 0.4) is 0 Å². The summed E-state index contributed by atoms with van der Waals surface area (Å²) in [5.41, 5.74) is 8.99. The number of carbonyl (C=O) groups is 2. The van der Waals surface area contributed by atoms with Crippen molar-refractivity contribution in [2.75, 3.05) is 14.2 Å². The summed E-state index contributed by atoms with van der Waals surface area (Å²) >= 11 is 17.2. The molecule has 3 heterocycles. The second-order valence-electron chi connectivity index (χ2n) is 12.4. The Morgan fingerprint density at radius 3 is 2.49 bits per heavy atom. The van der Waals surface area contributed by atoms with Gasteiger partial charge in [0.15, 0.2) is 0 Å². The van der Waals surface area contributed by atoms with Gasteiger partial charge in [0, 0.05) is 83.2 Å². The number of hydrogen-bond acceptors (Lipinski definition) is 9. The molecule has 0 bridgehead atoms. The molecule has 0 amide bonds. The molecule has 14 heteroatoms. The van der Waals surface area contributed by atoms with Crippen LogP contribution in [0.2, 0.25) is 10.0 Å². The number of fused-ring (bicyclic) bond motifs is 2. The molecule has 1 aliphatic rings. The summed E-state index contributed by atoms with van der Waals surface area (Å²) in [7, 11) is 8.27. The normalized spacial score (nSPS) is 12.5. The third kappa shape index (κ3) is 7.28. The molecular weight excluding hydrogens is 729 g/mol. The molecule has 0 radical (unpaired) electrons. The zero-order valence-electron chi connectivity index (χ0n) is 29.3. The van der Waals surface area contributed by atoms with Crippen LogP contribution in [-0.2, 0) is 65.5 Å². The quantitative estimate of drug-likeness (QED) is 0.0992. The summed E-state index contributed by atoms with van der Waals surface area (Å²) in [6, 6.07) is 7.83. The fraction of sp³-hybridized carbons (Fsp3) is 0.351. The summed E-state index contributed by atoms with van der Waals surface area (Å²) in [4.78, 5) is 26.3. The minimum atomic E-state index is -0.545. The minimum Gasteiger partial charge on any atom is -0.507 e. The van der Waals surface area contributed by atoms with Gasteiger partial charge in [-0.15, -0.1) is 23.5 Å². The molecule has 268 valence electrons. The van der Waals surface area contributed by atoms with Crippen LogP contribution in [0, 0.1) is 6.92 Å². The highest BCUT2D eigenvalue weighted by Gasteiger charge is 2.30. The first-order valence-corrected chi connectivity index (χ1v) is 19.2. The highest BCUT2D eigenvalue weighted by atomic mass is 35.5. The second kappa shape index (κ2) is 15.4. The average Bonchev–Trinajstić information content (AvgIpc) is 3.71. The number of carbonyl (C=O) groups excluding carboxylic acids is 2. The van der Waals surface area contributed by atoms with Gasteiger partial charge in [-0.3, -0.25) is 14.2 Å². The monoisotopic (exact) mass is 767 g/mol. The van der Waals surface area contributed by atoms with Gasteiger partial charge in [-0.1, -0.05) is 35.4 Å². The number of nitrogens with zero attached hydrogens (tertiary/aromatic N) is 5. The number of phenolic OH excluding ortho intramolecular Hbond substituents is 1. The first kappa shape index (κ1) is 36.9. The van der Waals surface area contributed by atoms with E-state index in [0.717, 1.165) is 57.4 Å². The van der Waals surface area contributed by atoms with E-state index >= 15 is 0 Å². The standard InChI is InChI=1S/C37H39Cl2N5O5S2/c1-20-32(34-28(39)16-27(38)33-26(11-12-31(46)48-5)35(37(47)49-6)42(2)36(33)34)29(41-43(20)3)19-50-17-22-14-23(44(4)40-22)18-51-24-13-21-9-7-8-10-25(21)30(45)15-24/h8,10,13-16,45H,7,9,11-12,17-19H2,1-6H3. The molecule has 0 saturated heterocycles. The van der Waals surface area contributed by atoms with Gasteiger partial charge < -0.3 is 19.1 Å². The lowest BCUT2D eigenvalue weighted by molar-refractivity contribution is -0.140. The molecule has 3 aromatic heterocycles. The van der Waals surface area contributed by atoms with Crippen LogP contribution < -0.4 is 0 Å². The van der Waals surface area contributed by atoms with Gasteiger partial charge in [0.2, 0.25) is 0 Å². The van der Waals surface area contributed by atoms with Crippen molar-refractivity contribution in [1.82, 2.24) is 24.1 Å². The van der Waals surface area contributed by atoms with Crippen molar-refractivity contribution in [3.05, 3.63) is 85.5 Å². The third-order valence-electron chi connectivity index (χ3n) is 9.29. The average molecular weight is 769 g/mol. The number of halogens is 2. The molecule has 6 rings (SSSR count). The van der Waals surface area contributed by atoms with E-state index in [1.54, 1.807) is 41.2 Å². The Morgan fingerprint density at radius 1 is 0.961 bits per heavy atom. The number of phenols is 1. The zero-order valence-corrected chi connectivity index (χ0v) is 32.4. The summed E-state index contributed by atoms with van der Waals surface area (Å²) in [5.74, 6) is 1.34. The first-order valence-electron chi connectivity index (χ1n) is 16.3. The number of rotatable bonds is 12. The molecule has 1 aliphatic carbocycles. The predicted octanol–water partition coefficient (Wildman–Crippen LogP) is 8.21. The molecule has 0 fully saturated rings. The summed E-state index contributed by atoms with van der Waals surface area (Å²) in [5, 5.41) is 21.6. The third-order valence-corrected chi connectivity index (χ3v) is 11.9. The molecule has 1 N–H and O–H groups in total. The number of aromatic hydroxyl groups is 1. The minimum absolute atomic E-state index is 0.0606. The van der Waals surface area contributed by atoms with E-state index < -0.39 is 11.9 Å². The maximum atomic E-state index is 13.1. The number of thioether (sulfide) groups is 2. The molecule has 51 heavy (non-hydrogen) atoms. The van der Waals surface area contributed by atoms with E-state index in [1.165, 1.54) is 19.8 Å². The van der Waals surface area contributed by atoms with Crippen LogP contribution in [0.15, 0.2) is 35.2 Å². The van der Waals surface area contributed by atoms with Gasteiger partial charge in [0.1, 0.15) is 11.4 Å². The Hall–Kier alpha value is -3.84. The maximum Gasteiger partial charge on any atom is 0.354 e. The van der Waals surface area contributed by atoms with Crippen LogP contribution >= 0.6 is 46.7 Å². The van der Waals surface area contributed by atoms with Crippen LogP contribution in [-0.4, -0.2) is 55.4 Å². The SMILES string of the molecule is COC(=O)CCc1c(C(=O)OC)n(C)c2c(-c3c(CSCc4cc(CSc5cc(O)c6c(c5)CCC=C6)n(C)n4)nn(C)c3C)c(Cl)cc(Cl)c12. The van der Waals surface area contributed by atoms with Crippen molar-refractivity contribution in [1.29, 1.82) is 0 Å². The van der Waals surface area contributed by atoms with E-state index in [9.17, 15) is 14.7 Å². The number of aromatic nitrogens is 5. The Labute approximate surface area is 315 Å². The van der Waals surface area contributed by atoms with E-state index in [4.69, 9.17) is 42.9 Å². The fourth-order valence-electron chi connectivity index (χ4n) is 6.71. The molecule has 0 spiro atoms. The van der Waals surface area contributed by atoms with Crippen molar-refractivity contribution in [2.24, 2.45) is 21.1 Å². The Bertz CT molecular complexity index is 2200. The van der Waals surface area contributed by atoms with Crippen molar-refractivity contribution in [2.45, 2.75) is 54.8 Å². The molecule has 10 nitrogen and oxygen atoms in total. The summed E-state index contributed by atoms with van der Waals surface area (Å²) in [6.45, 7) is 1.98. The lowest BCUT2D eigenvalue weighted by Crippen LogP contribution is -2.11. The van der Waals surface area contributed by atoms with E-state index in [1.807, 2.05) is 42.5 Å². The number of methoxy groups -OCH3 is 2. The molecule has 0 aliphatic heterocycles. The highest BCUT2D eigenvalue weighted by Crippen LogP contribution is 2.45. The van der Waals surface area contributed by atoms with Crippen molar-refractivity contribution >= 4 is 75.6 Å². The topological polar surface area (TPSA) is 113 Å². The molecule has 0 atom stereocenters. The highest BCUT2D eigenvalue weighted by molar-refractivity contribution is 7.98. The molecule has 0 unspecified atom stereocenters. The van der Waals surface area contributed by atoms with E-state index in [0.29, 0.717) is 55.0 Å². The number of aryl methyl sites for hydroxylation is 5. The maximum absolute atomic E-state index is 13.1. The summed E-state index contributed by atoms with van der Waals surface area (Å²) in [6.07, 6.45) is 6.31. The van der Waals surface area contributed by atoms with Gasteiger partial charge in [-0.2, -0.15) is 10.2 Å². The van der Waals surface area contributed by atoms with Gasteiger partial charge >= 0.3 is 11.9 Å². The molecule has 0 saturated carbocycles. The number of allylic oxidation sites excluding steroid dienone is 1. The van der Waals surface area contributed by atoms with Crippen molar-refractivity contribution in [3.8, 4) is 16.9 Å². The molecule has 5 aromatic rings. The Morgan fingerprint density at radius 2 is 1.75 bits per heavy atom. The number of hydrogen-bond donors (Lipinski definition) is 1. The molecular formula is C37H39Cl2N5O5S2. The van der Waals surface area contributed by atoms with Crippen LogP contribution in [0.25, 0.3) is 28.1 Å². The summed E-state index contributed by atoms with van der Waals surface area (Å²) < 4.78 is 15.5. The van der Waals surface area contributed by atoms with Gasteiger partial charge in [0.25, 0.3) is 0 Å². The lowest BCUT2D eigenvalue weighted by Gasteiger charge is -2.14. The predicted molar refractivity (Wildman–Crippen MR) is 205 cm³/mol. The molecule has 2 aromatic carbocycles. The van der Waals surface area contributed by atoms with Gasteiger partial charge in [-0.25, -0.2) is 4.79 Å². The van der Waals surface area contributed by atoms with Crippen molar-refractivity contribution < 1.29 is 24.2 Å². The second-order valence-corrected chi connectivity index (χ2v) is 15.3. The number of benzene rings is 2. The smallest absolute Gasteiger partial charge is 0.354 e. The van der Waals surface area contributed by atoms with Crippen LogP contribution in [0.4, 0.5) is 0 Å². The Balaban J connectivity index is 1.26. The van der Waals surface area contributed by atoms with Gasteiger partial charge in [0.05, 0.1) is 41.2 Å². The number of ether oxygens (including phenoxy) is 2. The largest absolute Gasteiger partial charge is 0.507 e. The zero-order chi connectivity index (χ0) is 36.6. The van der Waals surface area contributed by atoms with Crippen molar-refractivity contribution in [3.63, 3.8) is 0 Å². The van der Waals surface area contributed by atoms with Gasteiger partial charge in [-0.05, 0) is 61.6 Å². The first-order chi connectivity index (χ1) is 24.4. The lowest BCUT2D eigenvalue weighted by atomic mass is 9.97. The van der Waals surface area contributed by atoms with E-state index in [2.05, 4.69) is 18.2 Å². The van der Waals surface area contributed by atoms with Crippen LogP contribution in [0.5, 0.6) is 5.75 Å². The van der Waals surface area contributed by atoms with E-state index in [-0.39, 0.29) is 12.8 Å². The Kier molecular flexibility index (Phi) is 11.2. The fourth-order valence-corrected chi connectivity index (χ4v) is 9.22. The van der Waals surface area contributed by atoms with Crippen LogP contribution in [0.1, 0.15) is 62.8 Å².